The van der Waals surface area contributed by atoms with Gasteiger partial charge in [-0.15, -0.1) is 11.8 Å². The SMILES string of the molecule is CSc1cccc(Nc2cccc(F)n2)c1. The summed E-state index contributed by atoms with van der Waals surface area (Å²) in [5.74, 6) is 0.0317. The van der Waals surface area contributed by atoms with Crippen LogP contribution in [-0.2, 0) is 0 Å². The quantitative estimate of drug-likeness (QED) is 0.647. The van der Waals surface area contributed by atoms with Gasteiger partial charge in [-0.1, -0.05) is 12.1 Å². The van der Waals surface area contributed by atoms with Crippen LogP contribution in [0.15, 0.2) is 47.4 Å². The lowest BCUT2D eigenvalue weighted by Gasteiger charge is -2.06. The highest BCUT2D eigenvalue weighted by molar-refractivity contribution is 7.98. The number of rotatable bonds is 3. The van der Waals surface area contributed by atoms with Crippen LogP contribution >= 0.6 is 11.8 Å². The van der Waals surface area contributed by atoms with Crippen LogP contribution < -0.4 is 5.32 Å². The molecule has 0 saturated heterocycles. The highest BCUT2D eigenvalue weighted by atomic mass is 32.2. The normalized spacial score (nSPS) is 10.1. The van der Waals surface area contributed by atoms with Gasteiger partial charge in [0.05, 0.1) is 0 Å². The Hall–Kier alpha value is -1.55. The predicted octanol–water partition coefficient (Wildman–Crippen LogP) is 3.69. The van der Waals surface area contributed by atoms with Gasteiger partial charge in [0.15, 0.2) is 0 Å². The van der Waals surface area contributed by atoms with E-state index >= 15 is 0 Å². The summed E-state index contributed by atoms with van der Waals surface area (Å²) in [5, 5.41) is 3.06. The van der Waals surface area contributed by atoms with E-state index in [4.69, 9.17) is 0 Å². The van der Waals surface area contributed by atoms with Crippen molar-refractivity contribution >= 4 is 23.3 Å². The van der Waals surface area contributed by atoms with Gasteiger partial charge in [-0.2, -0.15) is 4.39 Å². The molecular formula is C12H11FN2S. The highest BCUT2D eigenvalue weighted by Gasteiger charge is 1.98. The Kier molecular flexibility index (Phi) is 3.41. The first kappa shape index (κ1) is 11.0. The lowest BCUT2D eigenvalue weighted by molar-refractivity contribution is 0.585. The van der Waals surface area contributed by atoms with E-state index in [0.717, 1.165) is 10.6 Å². The highest BCUT2D eigenvalue weighted by Crippen LogP contribution is 2.21. The molecule has 1 aromatic carbocycles. The predicted molar refractivity (Wildman–Crippen MR) is 65.7 cm³/mol. The van der Waals surface area contributed by atoms with Crippen LogP contribution in [0.1, 0.15) is 0 Å². The zero-order chi connectivity index (χ0) is 11.4. The molecule has 2 rings (SSSR count). The number of hydrogen-bond acceptors (Lipinski definition) is 3. The molecule has 2 nitrogen and oxygen atoms in total. The van der Waals surface area contributed by atoms with Crippen molar-refractivity contribution in [1.82, 2.24) is 4.98 Å². The van der Waals surface area contributed by atoms with Gasteiger partial charge >= 0.3 is 0 Å². The maximum atomic E-state index is 12.9. The molecule has 0 saturated carbocycles. The van der Waals surface area contributed by atoms with E-state index in [0.29, 0.717) is 5.82 Å². The van der Waals surface area contributed by atoms with Crippen molar-refractivity contribution < 1.29 is 4.39 Å². The molecule has 0 radical (unpaired) electrons. The third-order valence-corrected chi connectivity index (χ3v) is 2.78. The average Bonchev–Trinajstić information content (AvgIpc) is 2.29. The first-order valence-corrected chi connectivity index (χ1v) is 6.04. The van der Waals surface area contributed by atoms with E-state index in [1.54, 1.807) is 23.9 Å². The molecule has 0 amide bonds. The summed E-state index contributed by atoms with van der Waals surface area (Å²) >= 11 is 1.66. The molecular weight excluding hydrogens is 223 g/mol. The van der Waals surface area contributed by atoms with Gasteiger partial charge in [-0.05, 0) is 36.6 Å². The number of nitrogens with one attached hydrogen (secondary N) is 1. The molecule has 4 heteroatoms. The summed E-state index contributed by atoms with van der Waals surface area (Å²) in [4.78, 5) is 4.89. The number of anilines is 2. The van der Waals surface area contributed by atoms with E-state index in [-0.39, 0.29) is 0 Å². The van der Waals surface area contributed by atoms with Gasteiger partial charge in [-0.25, -0.2) is 4.98 Å². The fourth-order valence-corrected chi connectivity index (χ4v) is 1.79. The van der Waals surface area contributed by atoms with Crippen LogP contribution in [0, 0.1) is 5.95 Å². The first-order valence-electron chi connectivity index (χ1n) is 4.81. The van der Waals surface area contributed by atoms with Crippen molar-refractivity contribution in [2.45, 2.75) is 4.90 Å². The smallest absolute Gasteiger partial charge is 0.214 e. The molecule has 16 heavy (non-hydrogen) atoms. The van der Waals surface area contributed by atoms with Crippen molar-refractivity contribution in [2.24, 2.45) is 0 Å². The summed E-state index contributed by atoms with van der Waals surface area (Å²) in [5.41, 5.74) is 0.907. The second-order valence-corrected chi connectivity index (χ2v) is 4.08. The molecule has 1 heterocycles. The molecule has 0 aliphatic heterocycles. The second kappa shape index (κ2) is 4.99. The molecule has 82 valence electrons. The monoisotopic (exact) mass is 234 g/mol. The van der Waals surface area contributed by atoms with Crippen LogP contribution in [0.4, 0.5) is 15.9 Å². The number of thioether (sulfide) groups is 1. The first-order chi connectivity index (χ1) is 7.78. The number of pyridine rings is 1. The zero-order valence-electron chi connectivity index (χ0n) is 8.77. The molecule has 0 bridgehead atoms. The molecule has 0 atom stereocenters. The van der Waals surface area contributed by atoms with Crippen molar-refractivity contribution in [3.05, 3.63) is 48.4 Å². The molecule has 1 aromatic heterocycles. The molecule has 2 aromatic rings. The third kappa shape index (κ3) is 2.73. The Morgan fingerprint density at radius 1 is 1.19 bits per heavy atom. The topological polar surface area (TPSA) is 24.9 Å². The van der Waals surface area contributed by atoms with Crippen molar-refractivity contribution in [1.29, 1.82) is 0 Å². The van der Waals surface area contributed by atoms with Crippen LogP contribution in [-0.4, -0.2) is 11.2 Å². The number of aromatic nitrogens is 1. The van der Waals surface area contributed by atoms with Gasteiger partial charge in [0.1, 0.15) is 5.82 Å². The lowest BCUT2D eigenvalue weighted by atomic mass is 10.3. The Balaban J connectivity index is 2.20. The fourth-order valence-electron chi connectivity index (χ4n) is 1.33. The molecule has 1 N–H and O–H groups in total. The van der Waals surface area contributed by atoms with Crippen molar-refractivity contribution in [3.8, 4) is 0 Å². The third-order valence-electron chi connectivity index (χ3n) is 2.06. The van der Waals surface area contributed by atoms with E-state index in [2.05, 4.69) is 10.3 Å². The number of hydrogen-bond donors (Lipinski definition) is 1. The maximum Gasteiger partial charge on any atom is 0.214 e. The standard InChI is InChI=1S/C12H11FN2S/c1-16-10-5-2-4-9(8-10)14-12-7-3-6-11(13)15-12/h2-8H,1H3,(H,14,15). The summed E-state index contributed by atoms with van der Waals surface area (Å²) in [7, 11) is 0. The van der Waals surface area contributed by atoms with Crippen molar-refractivity contribution in [2.75, 3.05) is 11.6 Å². The lowest BCUT2D eigenvalue weighted by Crippen LogP contribution is -1.94. The van der Waals surface area contributed by atoms with Crippen molar-refractivity contribution in [3.63, 3.8) is 0 Å². The van der Waals surface area contributed by atoms with E-state index in [1.807, 2.05) is 30.5 Å². The fraction of sp³-hybridized carbons (Fsp3) is 0.0833. The number of halogens is 1. The van der Waals surface area contributed by atoms with Gasteiger partial charge in [0.2, 0.25) is 5.95 Å². The maximum absolute atomic E-state index is 12.9. The second-order valence-electron chi connectivity index (χ2n) is 3.20. The van der Waals surface area contributed by atoms with Crippen LogP contribution in [0.3, 0.4) is 0 Å². The summed E-state index contributed by atoms with van der Waals surface area (Å²) in [6, 6.07) is 12.6. The van der Waals surface area contributed by atoms with Crippen LogP contribution in [0.5, 0.6) is 0 Å². The number of nitrogens with zero attached hydrogens (tertiary/aromatic N) is 1. The Bertz CT molecular complexity index is 488. The minimum atomic E-state index is -0.481. The molecule has 0 spiro atoms. The molecule has 0 unspecified atom stereocenters. The van der Waals surface area contributed by atoms with Crippen LogP contribution in [0.2, 0.25) is 0 Å². The van der Waals surface area contributed by atoms with E-state index in [9.17, 15) is 4.39 Å². The van der Waals surface area contributed by atoms with Gasteiger partial charge in [0, 0.05) is 10.6 Å². The Morgan fingerprint density at radius 3 is 2.75 bits per heavy atom. The Labute approximate surface area is 97.9 Å². The molecule has 0 fully saturated rings. The summed E-state index contributed by atoms with van der Waals surface area (Å²) in [6.45, 7) is 0. The average molecular weight is 234 g/mol. The van der Waals surface area contributed by atoms with Gasteiger partial charge < -0.3 is 5.32 Å². The summed E-state index contributed by atoms with van der Waals surface area (Å²) < 4.78 is 12.9. The van der Waals surface area contributed by atoms with E-state index < -0.39 is 5.95 Å². The number of benzene rings is 1. The summed E-state index contributed by atoms with van der Waals surface area (Å²) in [6.07, 6.45) is 2.01. The van der Waals surface area contributed by atoms with Gasteiger partial charge in [0.25, 0.3) is 0 Å². The Morgan fingerprint density at radius 2 is 2.00 bits per heavy atom. The minimum absolute atomic E-state index is 0.481. The van der Waals surface area contributed by atoms with Crippen LogP contribution in [0.25, 0.3) is 0 Å². The molecule has 0 aliphatic rings. The van der Waals surface area contributed by atoms with E-state index in [1.165, 1.54) is 6.07 Å². The largest absolute Gasteiger partial charge is 0.340 e. The zero-order valence-corrected chi connectivity index (χ0v) is 9.59. The van der Waals surface area contributed by atoms with Gasteiger partial charge in [-0.3, -0.25) is 0 Å². The minimum Gasteiger partial charge on any atom is -0.340 e. The molecule has 0 aliphatic carbocycles.